The Balaban J connectivity index is 2.47. The van der Waals surface area contributed by atoms with Gasteiger partial charge in [-0.2, -0.15) is 0 Å². The summed E-state index contributed by atoms with van der Waals surface area (Å²) >= 11 is 0. The van der Waals surface area contributed by atoms with E-state index >= 15 is 0 Å². The Kier molecular flexibility index (Phi) is 5.13. The quantitative estimate of drug-likeness (QED) is 0.838. The largest absolute Gasteiger partial charge is 0.353 e. The number of nitrogens with one attached hydrogen (secondary N) is 1. The number of halogens is 1. The molecule has 2 nitrogen and oxygen atoms in total. The zero-order valence-corrected chi connectivity index (χ0v) is 10.7. The zero-order valence-electron chi connectivity index (χ0n) is 10.7. The second-order valence-electron chi connectivity index (χ2n) is 4.87. The minimum absolute atomic E-state index is 0.106. The third-order valence-corrected chi connectivity index (χ3v) is 2.54. The Morgan fingerprint density at radius 2 is 1.94 bits per heavy atom. The monoisotopic (exact) mass is 237 g/mol. The van der Waals surface area contributed by atoms with Gasteiger partial charge in [0.15, 0.2) is 0 Å². The molecule has 0 aromatic heterocycles. The van der Waals surface area contributed by atoms with Crippen LogP contribution < -0.4 is 5.32 Å². The maximum Gasteiger partial charge on any atom is 0.224 e. The molecule has 0 aliphatic carbocycles. The van der Waals surface area contributed by atoms with E-state index in [9.17, 15) is 9.18 Å². The topological polar surface area (TPSA) is 29.1 Å². The maximum atomic E-state index is 13.3. The summed E-state index contributed by atoms with van der Waals surface area (Å²) in [5, 5.41) is 2.88. The Morgan fingerprint density at radius 1 is 1.29 bits per heavy atom. The predicted molar refractivity (Wildman–Crippen MR) is 67.2 cm³/mol. The highest BCUT2D eigenvalue weighted by Gasteiger charge is 2.11. The summed E-state index contributed by atoms with van der Waals surface area (Å²) in [6, 6.07) is 6.51. The van der Waals surface area contributed by atoms with Crippen LogP contribution in [0.2, 0.25) is 0 Å². The van der Waals surface area contributed by atoms with Crippen LogP contribution in [0.4, 0.5) is 4.39 Å². The summed E-state index contributed by atoms with van der Waals surface area (Å²) < 4.78 is 13.3. The van der Waals surface area contributed by atoms with Crippen molar-refractivity contribution in [2.24, 2.45) is 5.92 Å². The van der Waals surface area contributed by atoms with Gasteiger partial charge in [-0.3, -0.25) is 4.79 Å². The molecule has 1 aromatic carbocycles. The molecular formula is C14H20FNO. The molecule has 0 saturated carbocycles. The molecule has 3 heteroatoms. The van der Waals surface area contributed by atoms with Gasteiger partial charge in [-0.1, -0.05) is 32.0 Å². The molecule has 0 heterocycles. The van der Waals surface area contributed by atoms with Gasteiger partial charge in [-0.05, 0) is 30.9 Å². The number of carbonyl (C=O) groups is 1. The van der Waals surface area contributed by atoms with Gasteiger partial charge in [0.05, 0.1) is 6.42 Å². The van der Waals surface area contributed by atoms with Crippen molar-refractivity contribution in [1.82, 2.24) is 5.32 Å². The number of hydrogen-bond donors (Lipinski definition) is 1. The van der Waals surface area contributed by atoms with Crippen molar-refractivity contribution in [3.8, 4) is 0 Å². The fourth-order valence-electron chi connectivity index (χ4n) is 1.91. The molecule has 1 aromatic rings. The highest BCUT2D eigenvalue weighted by Crippen LogP contribution is 2.08. The molecule has 0 saturated heterocycles. The first-order valence-corrected chi connectivity index (χ1v) is 6.01. The van der Waals surface area contributed by atoms with Crippen LogP contribution in [0.25, 0.3) is 0 Å². The smallest absolute Gasteiger partial charge is 0.224 e. The van der Waals surface area contributed by atoms with Gasteiger partial charge >= 0.3 is 0 Å². The summed E-state index contributed by atoms with van der Waals surface area (Å²) in [6.07, 6.45) is 1.04. The van der Waals surface area contributed by atoms with E-state index in [1.807, 2.05) is 6.92 Å². The van der Waals surface area contributed by atoms with Gasteiger partial charge in [0.2, 0.25) is 5.91 Å². The van der Waals surface area contributed by atoms with Crippen LogP contribution in [-0.4, -0.2) is 11.9 Å². The molecule has 0 spiro atoms. The van der Waals surface area contributed by atoms with E-state index in [-0.39, 0.29) is 24.2 Å². The average molecular weight is 237 g/mol. The lowest BCUT2D eigenvalue weighted by Crippen LogP contribution is -2.34. The van der Waals surface area contributed by atoms with Gasteiger partial charge in [0, 0.05) is 6.04 Å². The van der Waals surface area contributed by atoms with Gasteiger partial charge in [0.1, 0.15) is 5.82 Å². The first kappa shape index (κ1) is 13.7. The van der Waals surface area contributed by atoms with Crippen molar-refractivity contribution in [3.05, 3.63) is 35.6 Å². The van der Waals surface area contributed by atoms with Crippen molar-refractivity contribution in [2.45, 2.75) is 39.7 Å². The standard InChI is InChI=1S/C14H20FNO/c1-10(2)8-11(3)16-14(17)9-12-6-4-5-7-13(12)15/h4-7,10-11H,8-9H2,1-3H3,(H,16,17)/t11-/m0/s1. The van der Waals surface area contributed by atoms with Crippen LogP contribution in [0.5, 0.6) is 0 Å². The van der Waals surface area contributed by atoms with Crippen molar-refractivity contribution in [3.63, 3.8) is 0 Å². The minimum atomic E-state index is -0.320. The van der Waals surface area contributed by atoms with Crippen LogP contribution in [0, 0.1) is 11.7 Å². The van der Waals surface area contributed by atoms with Gasteiger partial charge in [0.25, 0.3) is 0 Å². The molecule has 1 rings (SSSR count). The molecule has 0 bridgehead atoms. The number of rotatable bonds is 5. The zero-order chi connectivity index (χ0) is 12.8. The lowest BCUT2D eigenvalue weighted by atomic mass is 10.0. The first-order chi connectivity index (χ1) is 7.99. The molecule has 1 atom stereocenters. The van der Waals surface area contributed by atoms with E-state index in [1.54, 1.807) is 18.2 Å². The second-order valence-corrected chi connectivity index (χ2v) is 4.87. The predicted octanol–water partition coefficient (Wildman–Crippen LogP) is 2.92. The highest BCUT2D eigenvalue weighted by molar-refractivity contribution is 5.78. The van der Waals surface area contributed by atoms with E-state index in [0.29, 0.717) is 11.5 Å². The molecule has 0 fully saturated rings. The maximum absolute atomic E-state index is 13.3. The Bertz CT molecular complexity index is 376. The molecule has 1 amide bonds. The summed E-state index contributed by atoms with van der Waals surface area (Å²) in [6.45, 7) is 6.19. The molecule has 17 heavy (non-hydrogen) atoms. The number of amides is 1. The Morgan fingerprint density at radius 3 is 2.53 bits per heavy atom. The number of benzene rings is 1. The van der Waals surface area contributed by atoms with E-state index < -0.39 is 0 Å². The van der Waals surface area contributed by atoms with Gasteiger partial charge in [-0.25, -0.2) is 4.39 Å². The normalized spacial score (nSPS) is 12.5. The summed E-state index contributed by atoms with van der Waals surface area (Å²) in [4.78, 5) is 11.7. The molecule has 0 aliphatic rings. The van der Waals surface area contributed by atoms with E-state index in [0.717, 1.165) is 6.42 Å². The summed E-state index contributed by atoms with van der Waals surface area (Å²) in [7, 11) is 0. The molecule has 0 unspecified atom stereocenters. The lowest BCUT2D eigenvalue weighted by Gasteiger charge is -2.16. The minimum Gasteiger partial charge on any atom is -0.353 e. The van der Waals surface area contributed by atoms with Crippen LogP contribution in [-0.2, 0) is 11.2 Å². The number of carbonyl (C=O) groups excluding carboxylic acids is 1. The summed E-state index contributed by atoms with van der Waals surface area (Å²) in [5.74, 6) is 0.0983. The summed E-state index contributed by atoms with van der Waals surface area (Å²) in [5.41, 5.74) is 0.446. The molecule has 1 N–H and O–H groups in total. The Hall–Kier alpha value is -1.38. The van der Waals surface area contributed by atoms with Crippen molar-refractivity contribution < 1.29 is 9.18 Å². The Labute approximate surface area is 102 Å². The third-order valence-electron chi connectivity index (χ3n) is 2.54. The van der Waals surface area contributed by atoms with E-state index in [1.165, 1.54) is 6.07 Å². The van der Waals surface area contributed by atoms with E-state index in [2.05, 4.69) is 19.2 Å². The van der Waals surface area contributed by atoms with Crippen LogP contribution in [0.3, 0.4) is 0 Å². The molecule has 0 aliphatic heterocycles. The molecule has 0 radical (unpaired) electrons. The third kappa shape index (κ3) is 4.98. The molecule has 94 valence electrons. The fourth-order valence-corrected chi connectivity index (χ4v) is 1.91. The second kappa shape index (κ2) is 6.38. The van der Waals surface area contributed by atoms with E-state index in [4.69, 9.17) is 0 Å². The fraction of sp³-hybridized carbons (Fsp3) is 0.500. The average Bonchev–Trinajstić information content (AvgIpc) is 2.19. The SMILES string of the molecule is CC(C)C[C@H](C)NC(=O)Cc1ccccc1F. The number of hydrogen-bond acceptors (Lipinski definition) is 1. The first-order valence-electron chi connectivity index (χ1n) is 6.01. The van der Waals surface area contributed by atoms with Crippen LogP contribution in [0.1, 0.15) is 32.8 Å². The van der Waals surface area contributed by atoms with Crippen LogP contribution in [0.15, 0.2) is 24.3 Å². The van der Waals surface area contributed by atoms with Gasteiger partial charge < -0.3 is 5.32 Å². The van der Waals surface area contributed by atoms with Crippen LogP contribution >= 0.6 is 0 Å². The van der Waals surface area contributed by atoms with Crippen molar-refractivity contribution in [1.29, 1.82) is 0 Å². The van der Waals surface area contributed by atoms with Crippen molar-refractivity contribution in [2.75, 3.05) is 0 Å². The van der Waals surface area contributed by atoms with Crippen molar-refractivity contribution >= 4 is 5.91 Å². The molecular weight excluding hydrogens is 217 g/mol. The lowest BCUT2D eigenvalue weighted by molar-refractivity contribution is -0.121. The highest BCUT2D eigenvalue weighted by atomic mass is 19.1. The van der Waals surface area contributed by atoms with Gasteiger partial charge in [-0.15, -0.1) is 0 Å².